The van der Waals surface area contributed by atoms with Crippen LogP contribution in [0.5, 0.6) is 0 Å². The predicted molar refractivity (Wildman–Crippen MR) is 105 cm³/mol. The molecule has 0 unspecified atom stereocenters. The van der Waals surface area contributed by atoms with E-state index in [4.69, 9.17) is 0 Å². The van der Waals surface area contributed by atoms with Gasteiger partial charge in [-0.2, -0.15) is 5.26 Å². The maximum Gasteiger partial charge on any atom is 0.221 e. The van der Waals surface area contributed by atoms with Crippen LogP contribution in [0.4, 0.5) is 0 Å². The van der Waals surface area contributed by atoms with Crippen molar-refractivity contribution in [3.8, 4) is 6.07 Å². The van der Waals surface area contributed by atoms with E-state index in [1.165, 1.54) is 0 Å². The molecule has 1 fully saturated rings. The summed E-state index contributed by atoms with van der Waals surface area (Å²) in [5.74, 6) is 0.806. The van der Waals surface area contributed by atoms with Gasteiger partial charge in [-0.05, 0) is 30.9 Å². The minimum atomic E-state index is -0.551. The normalized spacial score (nSPS) is 23.6. The molecule has 1 amide bonds. The summed E-state index contributed by atoms with van der Waals surface area (Å²) in [4.78, 5) is 21.7. The Hall–Kier alpha value is -2.52. The van der Waals surface area contributed by atoms with E-state index in [-0.39, 0.29) is 5.91 Å². The lowest BCUT2D eigenvalue weighted by Gasteiger charge is -2.42. The average molecular weight is 365 g/mol. The quantitative estimate of drug-likeness (QED) is 0.850. The van der Waals surface area contributed by atoms with Crippen LogP contribution in [0.15, 0.2) is 24.5 Å². The maximum absolute atomic E-state index is 12.8. The van der Waals surface area contributed by atoms with Gasteiger partial charge in [0.15, 0.2) is 0 Å². The number of carbonyl (C=O) groups excluding carboxylic acids is 1. The topological polar surface area (TPSA) is 90.7 Å². The molecule has 2 heterocycles. The van der Waals surface area contributed by atoms with Crippen LogP contribution in [0.3, 0.4) is 0 Å². The van der Waals surface area contributed by atoms with Crippen molar-refractivity contribution in [3.05, 3.63) is 35.7 Å². The van der Waals surface area contributed by atoms with E-state index >= 15 is 0 Å². The fourth-order valence-corrected chi connectivity index (χ4v) is 3.95. The van der Waals surface area contributed by atoms with Crippen LogP contribution >= 0.6 is 0 Å². The number of benzene rings is 1. The second-order valence-corrected chi connectivity index (χ2v) is 7.81. The lowest BCUT2D eigenvalue weighted by atomic mass is 9.77. The van der Waals surface area contributed by atoms with E-state index in [0.29, 0.717) is 41.4 Å². The zero-order valence-corrected chi connectivity index (χ0v) is 16.2. The van der Waals surface area contributed by atoms with E-state index in [9.17, 15) is 10.1 Å². The van der Waals surface area contributed by atoms with Gasteiger partial charge < -0.3 is 10.6 Å². The summed E-state index contributed by atoms with van der Waals surface area (Å²) >= 11 is 0. The molecule has 1 aromatic heterocycles. The minimum absolute atomic E-state index is 0.0571. The summed E-state index contributed by atoms with van der Waals surface area (Å²) in [5.41, 5.74) is 2.16. The molecule has 27 heavy (non-hydrogen) atoms. The Morgan fingerprint density at radius 1 is 1.41 bits per heavy atom. The Kier molecular flexibility index (Phi) is 5.71. The first-order valence-corrected chi connectivity index (χ1v) is 9.65. The molecular formula is C21H27N5O. The average Bonchev–Trinajstić information content (AvgIpc) is 2.66. The van der Waals surface area contributed by atoms with Crippen LogP contribution in [0.1, 0.15) is 51.2 Å². The zero-order valence-electron chi connectivity index (χ0n) is 16.2. The van der Waals surface area contributed by atoms with Crippen LogP contribution < -0.4 is 10.6 Å². The molecule has 3 rings (SSSR count). The third-order valence-electron chi connectivity index (χ3n) is 5.49. The summed E-state index contributed by atoms with van der Waals surface area (Å²) in [7, 11) is 0. The number of hydrogen-bond donors (Lipinski definition) is 2. The molecule has 6 nitrogen and oxygen atoms in total. The van der Waals surface area contributed by atoms with Crippen molar-refractivity contribution in [2.24, 2.45) is 11.8 Å². The number of carbonyl (C=O) groups is 1. The number of amides is 1. The van der Waals surface area contributed by atoms with Gasteiger partial charge in [-0.25, -0.2) is 0 Å². The molecule has 2 N–H and O–H groups in total. The molecule has 0 saturated carbocycles. The molecule has 1 aliphatic heterocycles. The molecule has 0 bridgehead atoms. The fraction of sp³-hybridized carbons (Fsp3) is 0.524. The summed E-state index contributed by atoms with van der Waals surface area (Å²) in [6.07, 6.45) is 5.54. The van der Waals surface area contributed by atoms with Gasteiger partial charge in [-0.15, -0.1) is 0 Å². The van der Waals surface area contributed by atoms with Crippen LogP contribution in [-0.4, -0.2) is 29.0 Å². The molecule has 1 saturated heterocycles. The highest BCUT2D eigenvalue weighted by atomic mass is 16.1. The Bertz CT molecular complexity index is 874. The number of fused-ring (bicyclic) bond motifs is 1. The third-order valence-corrected chi connectivity index (χ3v) is 5.49. The van der Waals surface area contributed by atoms with Crippen molar-refractivity contribution in [2.45, 2.75) is 45.6 Å². The lowest BCUT2D eigenvalue weighted by molar-refractivity contribution is -0.124. The van der Waals surface area contributed by atoms with Crippen LogP contribution in [0.2, 0.25) is 0 Å². The van der Waals surface area contributed by atoms with E-state index in [0.717, 1.165) is 24.9 Å². The van der Waals surface area contributed by atoms with Crippen molar-refractivity contribution < 1.29 is 4.79 Å². The van der Waals surface area contributed by atoms with Gasteiger partial charge in [-0.3, -0.25) is 14.8 Å². The van der Waals surface area contributed by atoms with Crippen molar-refractivity contribution in [2.75, 3.05) is 13.1 Å². The van der Waals surface area contributed by atoms with E-state index in [1.54, 1.807) is 18.5 Å². The second kappa shape index (κ2) is 8.01. The van der Waals surface area contributed by atoms with E-state index in [2.05, 4.69) is 47.4 Å². The molecule has 0 spiro atoms. The van der Waals surface area contributed by atoms with Gasteiger partial charge in [0.25, 0.3) is 0 Å². The van der Waals surface area contributed by atoms with Gasteiger partial charge in [0, 0.05) is 30.9 Å². The van der Waals surface area contributed by atoms with Crippen LogP contribution in [-0.2, 0) is 10.3 Å². The number of piperidine rings is 1. The Morgan fingerprint density at radius 2 is 2.15 bits per heavy atom. The highest BCUT2D eigenvalue weighted by Crippen LogP contribution is 2.35. The number of nitriles is 1. The third kappa shape index (κ3) is 3.93. The van der Waals surface area contributed by atoms with E-state index in [1.807, 2.05) is 6.07 Å². The number of hydrogen-bond acceptors (Lipinski definition) is 5. The minimum Gasteiger partial charge on any atom is -0.345 e. The van der Waals surface area contributed by atoms with Gasteiger partial charge in [0.1, 0.15) is 11.6 Å². The molecule has 6 heteroatoms. The van der Waals surface area contributed by atoms with Crippen molar-refractivity contribution in [1.29, 1.82) is 5.26 Å². The zero-order chi connectivity index (χ0) is 19.4. The van der Waals surface area contributed by atoms with E-state index < -0.39 is 5.54 Å². The first-order valence-electron chi connectivity index (χ1n) is 9.65. The largest absolute Gasteiger partial charge is 0.345 e. The molecule has 1 aliphatic rings. The molecule has 1 aromatic carbocycles. The molecule has 142 valence electrons. The molecule has 3 atom stereocenters. The fourth-order valence-electron chi connectivity index (χ4n) is 3.95. The SMILES string of the molecule is CC[C@H](C)CC(=O)N[C@]1(c2ccc(C#N)c3nccnc23)CNC[C@@H](C)C1. The molecule has 2 aromatic rings. The molecule has 0 aliphatic carbocycles. The number of aromatic nitrogens is 2. The van der Waals surface area contributed by atoms with Crippen LogP contribution in [0.25, 0.3) is 11.0 Å². The number of nitrogens with zero attached hydrogens (tertiary/aromatic N) is 3. The monoisotopic (exact) mass is 365 g/mol. The standard InChI is InChI=1S/C21H27N5O/c1-4-14(2)9-18(27)26-21(10-15(3)12-23-13-21)17-6-5-16(11-22)19-20(17)25-8-7-24-19/h5-8,14-15,23H,4,9-10,12-13H2,1-3H3,(H,26,27)/t14-,15-,21-/m0/s1. The predicted octanol–water partition coefficient (Wildman–Crippen LogP) is 2.88. The van der Waals surface area contributed by atoms with Crippen molar-refractivity contribution in [3.63, 3.8) is 0 Å². The summed E-state index contributed by atoms with van der Waals surface area (Å²) in [5, 5.41) is 16.2. The smallest absolute Gasteiger partial charge is 0.221 e. The Labute approximate surface area is 160 Å². The van der Waals surface area contributed by atoms with Crippen molar-refractivity contribution in [1.82, 2.24) is 20.6 Å². The first-order chi connectivity index (χ1) is 13.0. The first kappa shape index (κ1) is 19.2. The van der Waals surface area contributed by atoms with Gasteiger partial charge in [-0.1, -0.05) is 33.3 Å². The highest BCUT2D eigenvalue weighted by molar-refractivity contribution is 5.86. The summed E-state index contributed by atoms with van der Waals surface area (Å²) in [6.45, 7) is 7.93. The highest BCUT2D eigenvalue weighted by Gasteiger charge is 2.40. The Morgan fingerprint density at radius 3 is 2.81 bits per heavy atom. The van der Waals surface area contributed by atoms with Gasteiger partial charge in [0.05, 0.1) is 16.6 Å². The summed E-state index contributed by atoms with van der Waals surface area (Å²) in [6, 6.07) is 5.91. The van der Waals surface area contributed by atoms with Crippen LogP contribution in [0, 0.1) is 23.2 Å². The number of rotatable bonds is 5. The Balaban J connectivity index is 2.08. The summed E-state index contributed by atoms with van der Waals surface area (Å²) < 4.78 is 0. The maximum atomic E-state index is 12.8. The van der Waals surface area contributed by atoms with Crippen molar-refractivity contribution >= 4 is 16.9 Å². The lowest BCUT2D eigenvalue weighted by Crippen LogP contribution is -2.57. The van der Waals surface area contributed by atoms with Gasteiger partial charge in [0.2, 0.25) is 5.91 Å². The second-order valence-electron chi connectivity index (χ2n) is 7.81. The molecular weight excluding hydrogens is 338 g/mol. The molecule has 0 radical (unpaired) electrons. The number of nitrogens with one attached hydrogen (secondary N) is 2. The van der Waals surface area contributed by atoms with Gasteiger partial charge >= 0.3 is 0 Å².